The highest BCUT2D eigenvalue weighted by Gasteiger charge is 2.23. The van der Waals surface area contributed by atoms with Crippen molar-refractivity contribution >= 4 is 0 Å². The van der Waals surface area contributed by atoms with Crippen LogP contribution in [0, 0.1) is 5.92 Å². The van der Waals surface area contributed by atoms with Crippen LogP contribution in [-0.4, -0.2) is 23.3 Å². The highest BCUT2D eigenvalue weighted by atomic mass is 16.3. The molecule has 0 amide bonds. The summed E-state index contributed by atoms with van der Waals surface area (Å²) in [6.07, 6.45) is 4.07. The molecule has 15 heavy (non-hydrogen) atoms. The van der Waals surface area contributed by atoms with E-state index in [1.54, 1.807) is 0 Å². The minimum Gasteiger partial charge on any atom is -0.389 e. The third-order valence-electron chi connectivity index (χ3n) is 3.83. The molecular weight excluding hydrogens is 186 g/mol. The first-order chi connectivity index (χ1) is 7.02. The fraction of sp³-hybridized carbons (Fsp3) is 1.00. The molecule has 0 spiro atoms. The van der Waals surface area contributed by atoms with Gasteiger partial charge in [-0.2, -0.15) is 0 Å². The monoisotopic (exact) mass is 215 g/mol. The van der Waals surface area contributed by atoms with Crippen LogP contribution in [0.1, 0.15) is 60.3 Å². The van der Waals surface area contributed by atoms with Gasteiger partial charge in [-0.3, -0.25) is 0 Å². The van der Waals surface area contributed by atoms with Crippen molar-refractivity contribution in [3.8, 4) is 0 Å². The molecule has 0 bridgehead atoms. The average molecular weight is 215 g/mol. The zero-order valence-electron chi connectivity index (χ0n) is 11.1. The van der Waals surface area contributed by atoms with E-state index in [1.165, 1.54) is 12.8 Å². The Hall–Kier alpha value is -0.0800. The number of rotatable bonds is 8. The van der Waals surface area contributed by atoms with Crippen molar-refractivity contribution in [3.05, 3.63) is 0 Å². The second kappa shape index (κ2) is 7.24. The smallest absolute Gasteiger partial charge is 0.0766 e. The normalized spacial score (nSPS) is 14.6. The Morgan fingerprint density at radius 1 is 1.07 bits per heavy atom. The summed E-state index contributed by atoms with van der Waals surface area (Å²) < 4.78 is 0. The van der Waals surface area contributed by atoms with Gasteiger partial charge < -0.3 is 10.4 Å². The molecule has 0 radical (unpaired) electrons. The summed E-state index contributed by atoms with van der Waals surface area (Å²) >= 11 is 0. The summed E-state index contributed by atoms with van der Waals surface area (Å²) in [5.74, 6) is 0.725. The predicted molar refractivity (Wildman–Crippen MR) is 67.1 cm³/mol. The van der Waals surface area contributed by atoms with Gasteiger partial charge in [0.05, 0.1) is 5.60 Å². The van der Waals surface area contributed by atoms with E-state index in [0.29, 0.717) is 6.04 Å². The van der Waals surface area contributed by atoms with Crippen molar-refractivity contribution in [1.29, 1.82) is 0 Å². The van der Waals surface area contributed by atoms with Gasteiger partial charge in [0.1, 0.15) is 0 Å². The molecule has 2 nitrogen and oxygen atoms in total. The molecule has 0 aromatic heterocycles. The van der Waals surface area contributed by atoms with Crippen LogP contribution in [-0.2, 0) is 0 Å². The molecule has 0 aliphatic heterocycles. The quantitative estimate of drug-likeness (QED) is 0.652. The Labute approximate surface area is 95.5 Å². The summed E-state index contributed by atoms with van der Waals surface area (Å²) in [5.41, 5.74) is -0.514. The molecule has 1 unspecified atom stereocenters. The summed E-state index contributed by atoms with van der Waals surface area (Å²) in [4.78, 5) is 0. The first-order valence-electron chi connectivity index (χ1n) is 6.48. The van der Waals surface area contributed by atoms with Gasteiger partial charge in [-0.15, -0.1) is 0 Å². The van der Waals surface area contributed by atoms with E-state index >= 15 is 0 Å². The van der Waals surface area contributed by atoms with Crippen molar-refractivity contribution < 1.29 is 5.11 Å². The molecule has 2 heteroatoms. The Morgan fingerprint density at radius 2 is 1.53 bits per heavy atom. The third kappa shape index (κ3) is 4.98. The fourth-order valence-electron chi connectivity index (χ4n) is 2.01. The molecule has 0 rings (SSSR count). The molecular formula is C13H29NO. The van der Waals surface area contributed by atoms with E-state index in [0.717, 1.165) is 25.3 Å². The fourth-order valence-corrected chi connectivity index (χ4v) is 2.01. The molecule has 0 aromatic carbocycles. The third-order valence-corrected chi connectivity index (χ3v) is 3.83. The van der Waals surface area contributed by atoms with Gasteiger partial charge in [-0.1, -0.05) is 40.5 Å². The molecule has 0 fully saturated rings. The average Bonchev–Trinajstić information content (AvgIpc) is 2.27. The highest BCUT2D eigenvalue weighted by molar-refractivity contribution is 4.80. The molecule has 0 saturated heterocycles. The number of hydrogen-bond donors (Lipinski definition) is 2. The van der Waals surface area contributed by atoms with Crippen molar-refractivity contribution in [2.75, 3.05) is 6.54 Å². The molecule has 92 valence electrons. The second-order valence-electron chi connectivity index (χ2n) is 4.68. The van der Waals surface area contributed by atoms with Crippen LogP contribution < -0.4 is 5.32 Å². The molecule has 0 aliphatic rings. The largest absolute Gasteiger partial charge is 0.389 e. The topological polar surface area (TPSA) is 32.3 Å². The maximum Gasteiger partial charge on any atom is 0.0766 e. The zero-order chi connectivity index (χ0) is 11.9. The maximum atomic E-state index is 10.1. The minimum absolute atomic E-state index is 0.504. The van der Waals surface area contributed by atoms with Crippen molar-refractivity contribution in [2.24, 2.45) is 5.92 Å². The Kier molecular flexibility index (Phi) is 7.20. The maximum absolute atomic E-state index is 10.1. The standard InChI is InChI=1S/C13H29NO/c1-6-12(7-2)11(5)14-10-13(15,8-3)9-4/h11-12,14-15H,6-10H2,1-5H3. The van der Waals surface area contributed by atoms with Crippen molar-refractivity contribution in [1.82, 2.24) is 5.32 Å². The van der Waals surface area contributed by atoms with E-state index in [1.807, 2.05) is 13.8 Å². The van der Waals surface area contributed by atoms with Crippen molar-refractivity contribution in [2.45, 2.75) is 71.9 Å². The van der Waals surface area contributed by atoms with Crippen LogP contribution in [0.15, 0.2) is 0 Å². The van der Waals surface area contributed by atoms with Gasteiger partial charge in [0, 0.05) is 12.6 Å². The van der Waals surface area contributed by atoms with Crippen LogP contribution in [0.3, 0.4) is 0 Å². The van der Waals surface area contributed by atoms with E-state index in [-0.39, 0.29) is 0 Å². The number of hydrogen-bond acceptors (Lipinski definition) is 2. The van der Waals surface area contributed by atoms with Gasteiger partial charge >= 0.3 is 0 Å². The minimum atomic E-state index is -0.514. The van der Waals surface area contributed by atoms with Crippen molar-refractivity contribution in [3.63, 3.8) is 0 Å². The molecule has 1 atom stereocenters. The van der Waals surface area contributed by atoms with Crippen LogP contribution in [0.4, 0.5) is 0 Å². The van der Waals surface area contributed by atoms with Crippen LogP contribution in [0.25, 0.3) is 0 Å². The number of aliphatic hydroxyl groups is 1. The van der Waals surface area contributed by atoms with Gasteiger partial charge in [0.2, 0.25) is 0 Å². The Morgan fingerprint density at radius 3 is 1.87 bits per heavy atom. The SMILES string of the molecule is CCC(CC)C(C)NCC(O)(CC)CC. The summed E-state index contributed by atoms with van der Waals surface area (Å²) in [6, 6.07) is 0.504. The van der Waals surface area contributed by atoms with Gasteiger partial charge in [0.15, 0.2) is 0 Å². The van der Waals surface area contributed by atoms with Gasteiger partial charge in [-0.25, -0.2) is 0 Å². The first kappa shape index (κ1) is 14.9. The lowest BCUT2D eigenvalue weighted by Crippen LogP contribution is -2.45. The lowest BCUT2D eigenvalue weighted by atomic mass is 9.93. The predicted octanol–water partition coefficient (Wildman–Crippen LogP) is 2.95. The summed E-state index contributed by atoms with van der Waals surface area (Å²) in [5, 5.41) is 13.6. The van der Waals surface area contributed by atoms with Crippen LogP contribution in [0.2, 0.25) is 0 Å². The summed E-state index contributed by atoms with van der Waals surface area (Å²) in [7, 11) is 0. The van der Waals surface area contributed by atoms with E-state index < -0.39 is 5.60 Å². The van der Waals surface area contributed by atoms with E-state index in [9.17, 15) is 5.11 Å². The lowest BCUT2D eigenvalue weighted by Gasteiger charge is -2.30. The first-order valence-corrected chi connectivity index (χ1v) is 6.48. The molecule has 0 saturated carbocycles. The Bertz CT molecular complexity index is 151. The number of nitrogens with one attached hydrogen (secondary N) is 1. The molecule has 2 N–H and O–H groups in total. The second-order valence-corrected chi connectivity index (χ2v) is 4.68. The van der Waals surface area contributed by atoms with E-state index in [4.69, 9.17) is 0 Å². The van der Waals surface area contributed by atoms with Gasteiger partial charge in [-0.05, 0) is 25.7 Å². The zero-order valence-corrected chi connectivity index (χ0v) is 11.1. The van der Waals surface area contributed by atoms with Gasteiger partial charge in [0.25, 0.3) is 0 Å². The molecule has 0 aromatic rings. The van der Waals surface area contributed by atoms with E-state index in [2.05, 4.69) is 26.1 Å². The lowest BCUT2D eigenvalue weighted by molar-refractivity contribution is 0.0283. The highest BCUT2D eigenvalue weighted by Crippen LogP contribution is 2.16. The van der Waals surface area contributed by atoms with Crippen LogP contribution >= 0.6 is 0 Å². The summed E-state index contributed by atoms with van der Waals surface area (Å²) in [6.45, 7) is 11.5. The molecule has 0 aliphatic carbocycles. The van der Waals surface area contributed by atoms with Crippen LogP contribution in [0.5, 0.6) is 0 Å². The Balaban J connectivity index is 4.02. The molecule has 0 heterocycles.